The summed E-state index contributed by atoms with van der Waals surface area (Å²) in [6, 6.07) is 3.26. The largest absolute Gasteiger partial charge is 0.453 e. The van der Waals surface area contributed by atoms with E-state index >= 15 is 0 Å². The van der Waals surface area contributed by atoms with Crippen LogP contribution >= 0.6 is 11.8 Å². The number of aromatic nitrogens is 3. The van der Waals surface area contributed by atoms with Gasteiger partial charge in [0.2, 0.25) is 5.16 Å². The van der Waals surface area contributed by atoms with E-state index in [1.807, 2.05) is 0 Å². The van der Waals surface area contributed by atoms with Gasteiger partial charge in [0, 0.05) is 11.8 Å². The van der Waals surface area contributed by atoms with Crippen LogP contribution in [0, 0.1) is 15.9 Å². The van der Waals surface area contributed by atoms with E-state index in [2.05, 4.69) is 10.2 Å². The van der Waals surface area contributed by atoms with E-state index in [0.29, 0.717) is 11.8 Å². The molecule has 7 nitrogen and oxygen atoms in total. The van der Waals surface area contributed by atoms with Gasteiger partial charge in [-0.1, -0.05) is 17.8 Å². The Morgan fingerprint density at radius 1 is 1.36 bits per heavy atom. The molecule has 118 valence electrons. The molecule has 0 amide bonds. The minimum atomic E-state index is -4.79. The fraction of sp³-hybridized carbons (Fsp3) is 0.200. The maximum absolute atomic E-state index is 13.6. The predicted molar refractivity (Wildman–Crippen MR) is 67.8 cm³/mol. The molecular weight excluding hydrogens is 330 g/mol. The van der Waals surface area contributed by atoms with E-state index < -0.39 is 28.4 Å². The lowest BCUT2D eigenvalue weighted by atomic mass is 10.2. The molecule has 0 aliphatic rings. The number of rotatable bonds is 4. The number of benzene rings is 1. The van der Waals surface area contributed by atoms with Gasteiger partial charge in [0.05, 0.1) is 10.5 Å². The number of hydrogen-bond acceptors (Lipinski definition) is 6. The molecule has 1 aromatic heterocycles. The third-order valence-electron chi connectivity index (χ3n) is 2.55. The maximum Gasteiger partial charge on any atom is 0.453 e. The van der Waals surface area contributed by atoms with E-state index in [4.69, 9.17) is 5.84 Å². The lowest BCUT2D eigenvalue weighted by Gasteiger charge is -2.06. The Labute approximate surface area is 124 Å². The Kier molecular flexibility index (Phi) is 4.21. The number of thioether (sulfide) groups is 1. The van der Waals surface area contributed by atoms with Crippen LogP contribution in [0.25, 0.3) is 0 Å². The summed E-state index contributed by atoms with van der Waals surface area (Å²) in [6.07, 6.45) is -4.79. The summed E-state index contributed by atoms with van der Waals surface area (Å²) in [4.78, 5) is 10.0. The lowest BCUT2D eigenvalue weighted by Crippen LogP contribution is -2.21. The Morgan fingerprint density at radius 3 is 2.59 bits per heavy atom. The molecule has 0 bridgehead atoms. The van der Waals surface area contributed by atoms with Crippen LogP contribution in [0.2, 0.25) is 0 Å². The molecule has 2 aromatic rings. The second-order valence-electron chi connectivity index (χ2n) is 3.96. The van der Waals surface area contributed by atoms with Crippen molar-refractivity contribution in [2.75, 3.05) is 5.84 Å². The highest BCUT2D eigenvalue weighted by Gasteiger charge is 2.38. The van der Waals surface area contributed by atoms with Crippen LogP contribution < -0.4 is 5.84 Å². The minimum Gasteiger partial charge on any atom is -0.335 e. The smallest absolute Gasteiger partial charge is 0.335 e. The second kappa shape index (κ2) is 5.79. The summed E-state index contributed by atoms with van der Waals surface area (Å²) >= 11 is 0.603. The standard InChI is InChI=1S/C10H7F4N5O2S/c11-6-2-1-3-7(19(20)21)5(6)4-22-9-17-16-8(18(9)15)10(12,13)14/h1-3H,4,15H2. The van der Waals surface area contributed by atoms with Gasteiger partial charge >= 0.3 is 6.18 Å². The fourth-order valence-corrected chi connectivity index (χ4v) is 2.45. The quantitative estimate of drug-likeness (QED) is 0.302. The zero-order chi connectivity index (χ0) is 16.5. The van der Waals surface area contributed by atoms with Gasteiger partial charge in [0.1, 0.15) is 5.82 Å². The molecule has 1 aromatic carbocycles. The van der Waals surface area contributed by atoms with Gasteiger partial charge in [-0.05, 0) is 6.07 Å². The number of nitrogens with zero attached hydrogens (tertiary/aromatic N) is 4. The third kappa shape index (κ3) is 3.10. The maximum atomic E-state index is 13.6. The van der Waals surface area contributed by atoms with Crippen molar-refractivity contribution in [3.8, 4) is 0 Å². The highest BCUT2D eigenvalue weighted by molar-refractivity contribution is 7.98. The van der Waals surface area contributed by atoms with Crippen molar-refractivity contribution < 1.29 is 22.5 Å². The molecule has 2 rings (SSSR count). The summed E-state index contributed by atoms with van der Waals surface area (Å²) in [5.41, 5.74) is -0.749. The molecule has 0 aliphatic carbocycles. The summed E-state index contributed by atoms with van der Waals surface area (Å²) in [6.45, 7) is 0. The van der Waals surface area contributed by atoms with Crippen LogP contribution in [0.15, 0.2) is 23.4 Å². The number of alkyl halides is 3. The molecule has 0 atom stereocenters. The van der Waals surface area contributed by atoms with Crippen LogP contribution in [0.3, 0.4) is 0 Å². The molecule has 0 unspecified atom stereocenters. The number of halogens is 4. The van der Waals surface area contributed by atoms with Crippen LogP contribution in [0.1, 0.15) is 11.4 Å². The van der Waals surface area contributed by atoms with E-state index in [9.17, 15) is 27.7 Å². The predicted octanol–water partition coefficient (Wildman–Crippen LogP) is 2.35. The number of nitro groups is 1. The molecule has 0 spiro atoms. The summed E-state index contributed by atoms with van der Waals surface area (Å²) in [7, 11) is 0. The molecule has 0 saturated carbocycles. The second-order valence-corrected chi connectivity index (χ2v) is 4.90. The summed E-state index contributed by atoms with van der Waals surface area (Å²) < 4.78 is 51.3. The Balaban J connectivity index is 2.25. The summed E-state index contributed by atoms with van der Waals surface area (Å²) in [5, 5.41) is 16.6. The molecule has 12 heteroatoms. The van der Waals surface area contributed by atoms with Crippen molar-refractivity contribution >= 4 is 17.4 Å². The first-order valence-electron chi connectivity index (χ1n) is 5.54. The molecule has 0 fully saturated rings. The van der Waals surface area contributed by atoms with Crippen LogP contribution in [0.5, 0.6) is 0 Å². The van der Waals surface area contributed by atoms with Gasteiger partial charge in [-0.25, -0.2) is 9.07 Å². The molecule has 0 radical (unpaired) electrons. The SMILES string of the molecule is Nn1c(SCc2c(F)cccc2[N+](=O)[O-])nnc1C(F)(F)F. The first-order chi connectivity index (χ1) is 10.2. The highest BCUT2D eigenvalue weighted by atomic mass is 32.2. The lowest BCUT2D eigenvalue weighted by molar-refractivity contribution is -0.385. The molecular formula is C10H7F4N5O2S. The monoisotopic (exact) mass is 337 g/mol. The zero-order valence-electron chi connectivity index (χ0n) is 10.5. The van der Waals surface area contributed by atoms with Crippen molar-refractivity contribution in [2.24, 2.45) is 0 Å². The van der Waals surface area contributed by atoms with Gasteiger partial charge in [0.25, 0.3) is 11.5 Å². The number of hydrogen-bond donors (Lipinski definition) is 1. The number of nitrogen functional groups attached to an aromatic ring is 1. The van der Waals surface area contributed by atoms with Gasteiger partial charge in [0.15, 0.2) is 0 Å². The van der Waals surface area contributed by atoms with Crippen molar-refractivity contribution in [1.82, 2.24) is 14.9 Å². The molecule has 2 N–H and O–H groups in total. The first kappa shape index (κ1) is 16.0. The van der Waals surface area contributed by atoms with Gasteiger partial charge < -0.3 is 5.84 Å². The molecule has 22 heavy (non-hydrogen) atoms. The van der Waals surface area contributed by atoms with Crippen LogP contribution in [-0.4, -0.2) is 19.8 Å². The van der Waals surface area contributed by atoms with Crippen molar-refractivity contribution in [2.45, 2.75) is 17.1 Å². The van der Waals surface area contributed by atoms with E-state index in [-0.39, 0.29) is 21.1 Å². The average Bonchev–Trinajstić information content (AvgIpc) is 2.78. The average molecular weight is 337 g/mol. The van der Waals surface area contributed by atoms with E-state index in [0.717, 1.165) is 18.2 Å². The first-order valence-corrected chi connectivity index (χ1v) is 6.52. The third-order valence-corrected chi connectivity index (χ3v) is 3.52. The van der Waals surface area contributed by atoms with Gasteiger partial charge in [-0.15, -0.1) is 10.2 Å². The normalized spacial score (nSPS) is 11.6. The van der Waals surface area contributed by atoms with Crippen molar-refractivity contribution in [1.29, 1.82) is 0 Å². The summed E-state index contributed by atoms with van der Waals surface area (Å²) in [5.74, 6) is 2.62. The topological polar surface area (TPSA) is 99.9 Å². The Bertz CT molecular complexity index is 718. The van der Waals surface area contributed by atoms with Gasteiger partial charge in [-0.3, -0.25) is 10.1 Å². The van der Waals surface area contributed by atoms with Crippen molar-refractivity contribution in [3.63, 3.8) is 0 Å². The number of nitro benzene ring substituents is 1. The van der Waals surface area contributed by atoms with E-state index in [1.165, 1.54) is 0 Å². The zero-order valence-corrected chi connectivity index (χ0v) is 11.4. The Hall–Kier alpha value is -2.37. The molecule has 0 saturated heterocycles. The highest BCUT2D eigenvalue weighted by Crippen LogP contribution is 2.32. The van der Waals surface area contributed by atoms with Gasteiger partial charge in [-0.2, -0.15) is 13.2 Å². The van der Waals surface area contributed by atoms with Crippen LogP contribution in [-0.2, 0) is 11.9 Å². The van der Waals surface area contributed by atoms with E-state index in [1.54, 1.807) is 0 Å². The minimum absolute atomic E-state index is 0.206. The molecule has 0 aliphatic heterocycles. The van der Waals surface area contributed by atoms with Crippen molar-refractivity contribution in [3.05, 3.63) is 45.5 Å². The fourth-order valence-electron chi connectivity index (χ4n) is 1.57. The number of nitrogens with two attached hydrogens (primary N) is 1. The Morgan fingerprint density at radius 2 is 2.05 bits per heavy atom. The molecule has 1 heterocycles. The van der Waals surface area contributed by atoms with Crippen LogP contribution in [0.4, 0.5) is 23.2 Å².